The van der Waals surface area contributed by atoms with Crippen molar-refractivity contribution in [1.82, 2.24) is 0 Å². The molecule has 1 aliphatic carbocycles. The quantitative estimate of drug-likeness (QED) is 0.404. The monoisotopic (exact) mass is 336 g/mol. The van der Waals surface area contributed by atoms with E-state index in [1.807, 2.05) is 42.5 Å². The van der Waals surface area contributed by atoms with Crippen LogP contribution in [0.5, 0.6) is 17.2 Å². The molecular formula is C22H24O3. The third-order valence-electron chi connectivity index (χ3n) is 4.68. The van der Waals surface area contributed by atoms with E-state index in [2.05, 4.69) is 33.8 Å². The van der Waals surface area contributed by atoms with Crippen molar-refractivity contribution in [2.75, 3.05) is 0 Å². The Balaban J connectivity index is 1.68. The Morgan fingerprint density at radius 1 is 0.960 bits per heavy atom. The predicted molar refractivity (Wildman–Crippen MR) is 98.8 cm³/mol. The molecule has 0 bridgehead atoms. The molecule has 3 nitrogen and oxygen atoms in total. The molecule has 0 saturated heterocycles. The van der Waals surface area contributed by atoms with E-state index >= 15 is 0 Å². The minimum absolute atomic E-state index is 0.0491. The molecule has 0 aromatic heterocycles. The maximum absolute atomic E-state index is 12.6. The van der Waals surface area contributed by atoms with E-state index in [1.54, 1.807) is 12.1 Å². The Labute approximate surface area is 149 Å². The van der Waals surface area contributed by atoms with Crippen molar-refractivity contribution in [2.24, 2.45) is 17.3 Å². The molecule has 0 N–H and O–H groups in total. The van der Waals surface area contributed by atoms with Gasteiger partial charge in [0, 0.05) is 6.07 Å². The summed E-state index contributed by atoms with van der Waals surface area (Å²) >= 11 is 0. The lowest BCUT2D eigenvalue weighted by Gasteiger charge is -2.08. The van der Waals surface area contributed by atoms with E-state index in [9.17, 15) is 4.79 Å². The number of hydrogen-bond donors (Lipinski definition) is 0. The number of rotatable bonds is 5. The predicted octanol–water partition coefficient (Wildman–Crippen LogP) is 5.62. The summed E-state index contributed by atoms with van der Waals surface area (Å²) in [5, 5.41) is 0. The fourth-order valence-corrected chi connectivity index (χ4v) is 3.20. The van der Waals surface area contributed by atoms with Crippen LogP contribution in [0.4, 0.5) is 0 Å². The van der Waals surface area contributed by atoms with Gasteiger partial charge in [0.15, 0.2) is 0 Å². The Hall–Kier alpha value is -2.55. The molecule has 1 fully saturated rings. The lowest BCUT2D eigenvalue weighted by atomic mass is 10.1. The largest absolute Gasteiger partial charge is 0.457 e. The van der Waals surface area contributed by atoms with Crippen molar-refractivity contribution in [2.45, 2.75) is 27.7 Å². The van der Waals surface area contributed by atoms with Crippen molar-refractivity contribution < 1.29 is 14.3 Å². The summed E-state index contributed by atoms with van der Waals surface area (Å²) in [5.74, 6) is 1.88. The summed E-state index contributed by atoms with van der Waals surface area (Å²) in [7, 11) is 0. The Morgan fingerprint density at radius 2 is 1.60 bits per heavy atom. The van der Waals surface area contributed by atoms with Gasteiger partial charge in [-0.05, 0) is 49.4 Å². The lowest BCUT2D eigenvalue weighted by Crippen LogP contribution is -2.13. The molecular weight excluding hydrogens is 312 g/mol. The topological polar surface area (TPSA) is 35.5 Å². The van der Waals surface area contributed by atoms with Gasteiger partial charge in [0.05, 0.1) is 5.92 Å². The Kier molecular flexibility index (Phi) is 4.67. The summed E-state index contributed by atoms with van der Waals surface area (Å²) in [5.41, 5.74) is 1.18. The Morgan fingerprint density at radius 3 is 2.28 bits per heavy atom. The number of carbonyl (C=O) groups excluding carboxylic acids is 1. The highest BCUT2D eigenvalue weighted by Crippen LogP contribution is 2.59. The maximum atomic E-state index is 12.6. The van der Waals surface area contributed by atoms with Gasteiger partial charge in [-0.3, -0.25) is 4.79 Å². The van der Waals surface area contributed by atoms with Gasteiger partial charge < -0.3 is 9.47 Å². The summed E-state index contributed by atoms with van der Waals surface area (Å²) in [6.07, 6.45) is 2.17. The number of allylic oxidation sites excluding steroid dienone is 2. The van der Waals surface area contributed by atoms with E-state index in [-0.39, 0.29) is 23.2 Å². The number of hydrogen-bond acceptors (Lipinski definition) is 3. The van der Waals surface area contributed by atoms with Crippen molar-refractivity contribution in [3.8, 4) is 17.2 Å². The van der Waals surface area contributed by atoms with Crippen LogP contribution in [0, 0.1) is 17.3 Å². The molecule has 0 spiro atoms. The fraction of sp³-hybridized carbons (Fsp3) is 0.318. The van der Waals surface area contributed by atoms with Gasteiger partial charge in [0.1, 0.15) is 17.2 Å². The number of para-hydroxylation sites is 1. The standard InChI is InChI=1S/C22H24O3/c1-15(2)13-19-20(22(19,3)4)21(23)25-18-12-8-11-17(14-18)24-16-9-6-5-7-10-16/h5-14,19-20H,1-4H3. The van der Waals surface area contributed by atoms with Crippen molar-refractivity contribution >= 4 is 5.97 Å². The fourth-order valence-electron chi connectivity index (χ4n) is 3.20. The first kappa shape index (κ1) is 17.3. The van der Waals surface area contributed by atoms with Crippen LogP contribution in [-0.2, 0) is 4.79 Å². The van der Waals surface area contributed by atoms with Crippen molar-refractivity contribution in [3.05, 3.63) is 66.2 Å². The lowest BCUT2D eigenvalue weighted by molar-refractivity contribution is -0.136. The zero-order valence-electron chi connectivity index (χ0n) is 15.2. The molecule has 3 heteroatoms. The minimum atomic E-state index is -0.177. The van der Waals surface area contributed by atoms with Crippen LogP contribution in [0.1, 0.15) is 27.7 Å². The third-order valence-corrected chi connectivity index (χ3v) is 4.68. The normalized spacial score (nSPS) is 20.5. The second-order valence-corrected chi connectivity index (χ2v) is 7.38. The zero-order chi connectivity index (χ0) is 18.0. The molecule has 0 aliphatic heterocycles. The van der Waals surface area contributed by atoms with E-state index in [4.69, 9.17) is 9.47 Å². The molecule has 0 amide bonds. The molecule has 130 valence electrons. The number of benzene rings is 2. The van der Waals surface area contributed by atoms with E-state index in [0.29, 0.717) is 11.5 Å². The molecule has 3 rings (SSSR count). The highest BCUT2D eigenvalue weighted by Gasteiger charge is 2.61. The van der Waals surface area contributed by atoms with Gasteiger partial charge >= 0.3 is 5.97 Å². The van der Waals surface area contributed by atoms with Crippen molar-refractivity contribution in [1.29, 1.82) is 0 Å². The second-order valence-electron chi connectivity index (χ2n) is 7.38. The van der Waals surface area contributed by atoms with E-state index < -0.39 is 0 Å². The van der Waals surface area contributed by atoms with Gasteiger partial charge in [0.25, 0.3) is 0 Å². The third kappa shape index (κ3) is 3.93. The minimum Gasteiger partial charge on any atom is -0.457 e. The van der Waals surface area contributed by atoms with Crippen LogP contribution >= 0.6 is 0 Å². The molecule has 2 atom stereocenters. The highest BCUT2D eigenvalue weighted by molar-refractivity contribution is 5.80. The summed E-state index contributed by atoms with van der Waals surface area (Å²) in [4.78, 5) is 12.6. The summed E-state index contributed by atoms with van der Waals surface area (Å²) in [6, 6.07) is 16.7. The van der Waals surface area contributed by atoms with Gasteiger partial charge in [-0.2, -0.15) is 0 Å². The number of ether oxygens (including phenoxy) is 2. The molecule has 2 aromatic rings. The van der Waals surface area contributed by atoms with Crippen LogP contribution < -0.4 is 9.47 Å². The molecule has 2 unspecified atom stereocenters. The van der Waals surface area contributed by atoms with E-state index in [0.717, 1.165) is 5.75 Å². The number of esters is 1. The first-order valence-corrected chi connectivity index (χ1v) is 8.57. The molecule has 1 saturated carbocycles. The molecule has 1 aliphatic rings. The van der Waals surface area contributed by atoms with Crippen LogP contribution in [0.25, 0.3) is 0 Å². The van der Waals surface area contributed by atoms with Crippen LogP contribution in [-0.4, -0.2) is 5.97 Å². The first-order valence-electron chi connectivity index (χ1n) is 8.57. The molecule has 2 aromatic carbocycles. The average Bonchev–Trinajstić information content (AvgIpc) is 3.08. The van der Waals surface area contributed by atoms with Crippen molar-refractivity contribution in [3.63, 3.8) is 0 Å². The summed E-state index contributed by atoms with van der Waals surface area (Å²) < 4.78 is 11.4. The van der Waals surface area contributed by atoms with Crippen LogP contribution in [0.3, 0.4) is 0 Å². The van der Waals surface area contributed by atoms with Crippen LogP contribution in [0.2, 0.25) is 0 Å². The SMILES string of the molecule is CC(C)=CC1C(C(=O)Oc2cccc(Oc3ccccc3)c2)C1(C)C. The number of carbonyl (C=O) groups is 1. The van der Waals surface area contributed by atoms with Gasteiger partial charge in [-0.25, -0.2) is 0 Å². The maximum Gasteiger partial charge on any atom is 0.315 e. The zero-order valence-corrected chi connectivity index (χ0v) is 15.2. The molecule has 25 heavy (non-hydrogen) atoms. The highest BCUT2D eigenvalue weighted by atomic mass is 16.5. The van der Waals surface area contributed by atoms with Gasteiger partial charge in [-0.1, -0.05) is 49.8 Å². The Bertz CT molecular complexity index is 786. The molecule has 0 radical (unpaired) electrons. The van der Waals surface area contributed by atoms with Gasteiger partial charge in [-0.15, -0.1) is 0 Å². The molecule has 0 heterocycles. The second kappa shape index (κ2) is 6.75. The average molecular weight is 336 g/mol. The van der Waals surface area contributed by atoms with Gasteiger partial charge in [0.2, 0.25) is 0 Å². The summed E-state index contributed by atoms with van der Waals surface area (Å²) in [6.45, 7) is 8.33. The first-order chi connectivity index (χ1) is 11.9. The van der Waals surface area contributed by atoms with Crippen LogP contribution in [0.15, 0.2) is 66.2 Å². The van der Waals surface area contributed by atoms with E-state index in [1.165, 1.54) is 5.57 Å². The smallest absolute Gasteiger partial charge is 0.315 e.